The van der Waals surface area contributed by atoms with Crippen molar-refractivity contribution in [2.24, 2.45) is 0 Å². The van der Waals surface area contributed by atoms with Crippen LogP contribution in [-0.2, 0) is 6.54 Å². The Morgan fingerprint density at radius 3 is 2.80 bits per heavy atom. The molecule has 2 heterocycles. The van der Waals surface area contributed by atoms with Gasteiger partial charge in [0.2, 0.25) is 0 Å². The number of nitrogen functional groups attached to an aromatic ring is 1. The molecule has 6 heteroatoms. The molecule has 2 aromatic rings. The maximum atomic E-state index is 6.12. The van der Waals surface area contributed by atoms with Crippen LogP contribution in [0.15, 0.2) is 29.1 Å². The number of hydrogen-bond donors (Lipinski definition) is 3. The van der Waals surface area contributed by atoms with E-state index in [1.807, 2.05) is 12.1 Å². The molecule has 106 valence electrons. The van der Waals surface area contributed by atoms with E-state index >= 15 is 0 Å². The summed E-state index contributed by atoms with van der Waals surface area (Å²) in [4.78, 5) is 8.42. The molecule has 0 spiro atoms. The van der Waals surface area contributed by atoms with Gasteiger partial charge in [-0.15, -0.1) is 0 Å². The Bertz CT molecular complexity index is 549. The number of nitrogens with zero attached hydrogens (tertiary/aromatic N) is 2. The number of anilines is 3. The summed E-state index contributed by atoms with van der Waals surface area (Å²) in [6, 6.07) is 4.24. The lowest BCUT2D eigenvalue weighted by molar-refractivity contribution is 0.518. The van der Waals surface area contributed by atoms with Crippen molar-refractivity contribution in [2.45, 2.75) is 38.3 Å². The Hall–Kier alpha value is -2.24. The van der Waals surface area contributed by atoms with Crippen LogP contribution < -0.4 is 16.4 Å². The smallest absolute Gasteiger partial charge is 0.155 e. The predicted molar refractivity (Wildman–Crippen MR) is 78.4 cm³/mol. The third-order valence-corrected chi connectivity index (χ3v) is 3.59. The van der Waals surface area contributed by atoms with Crippen molar-refractivity contribution >= 4 is 17.3 Å². The standard InChI is InChI=1S/C14H19N5O/c15-12-13(16-8-11-6-3-7-20-11)17-9-18-14(12)19-10-4-1-2-5-10/h3,6-7,9-10H,1-2,4-5,8,15H2,(H2,16,17,18,19). The number of hydrogen-bond acceptors (Lipinski definition) is 6. The first-order valence-corrected chi connectivity index (χ1v) is 6.96. The Labute approximate surface area is 117 Å². The highest BCUT2D eigenvalue weighted by Gasteiger charge is 2.17. The van der Waals surface area contributed by atoms with Crippen LogP contribution in [-0.4, -0.2) is 16.0 Å². The normalized spacial score (nSPS) is 15.4. The zero-order chi connectivity index (χ0) is 13.8. The minimum Gasteiger partial charge on any atom is -0.467 e. The van der Waals surface area contributed by atoms with Crippen LogP contribution in [0.2, 0.25) is 0 Å². The fraction of sp³-hybridized carbons (Fsp3) is 0.429. The molecule has 0 amide bonds. The average Bonchev–Trinajstić information content (AvgIpc) is 3.13. The van der Waals surface area contributed by atoms with Gasteiger partial charge in [-0.05, 0) is 25.0 Å². The summed E-state index contributed by atoms with van der Waals surface area (Å²) in [5.41, 5.74) is 6.68. The summed E-state index contributed by atoms with van der Waals surface area (Å²) in [6.07, 6.45) is 8.07. The molecular formula is C14H19N5O. The predicted octanol–water partition coefficient (Wildman–Crippen LogP) is 2.62. The van der Waals surface area contributed by atoms with Crippen molar-refractivity contribution < 1.29 is 4.42 Å². The van der Waals surface area contributed by atoms with Crippen LogP contribution in [0.1, 0.15) is 31.4 Å². The Balaban J connectivity index is 1.68. The molecule has 20 heavy (non-hydrogen) atoms. The molecule has 3 rings (SSSR count). The van der Waals surface area contributed by atoms with Gasteiger partial charge in [-0.2, -0.15) is 0 Å². The van der Waals surface area contributed by atoms with Crippen molar-refractivity contribution in [1.29, 1.82) is 0 Å². The van der Waals surface area contributed by atoms with E-state index in [9.17, 15) is 0 Å². The first kappa shape index (κ1) is 12.8. The number of aromatic nitrogens is 2. The van der Waals surface area contributed by atoms with Gasteiger partial charge in [0, 0.05) is 6.04 Å². The number of nitrogens with two attached hydrogens (primary N) is 1. The largest absolute Gasteiger partial charge is 0.467 e. The molecule has 0 saturated heterocycles. The van der Waals surface area contributed by atoms with E-state index in [4.69, 9.17) is 10.2 Å². The molecule has 1 saturated carbocycles. The number of nitrogens with one attached hydrogen (secondary N) is 2. The molecule has 0 unspecified atom stereocenters. The van der Waals surface area contributed by atoms with Gasteiger partial charge in [0.05, 0.1) is 12.8 Å². The molecule has 0 aliphatic heterocycles. The molecule has 0 atom stereocenters. The third kappa shape index (κ3) is 2.84. The second kappa shape index (κ2) is 5.81. The van der Waals surface area contributed by atoms with Gasteiger partial charge >= 0.3 is 0 Å². The van der Waals surface area contributed by atoms with Crippen LogP contribution in [0.25, 0.3) is 0 Å². The van der Waals surface area contributed by atoms with Gasteiger partial charge < -0.3 is 20.8 Å². The Kier molecular flexibility index (Phi) is 3.71. The maximum absolute atomic E-state index is 6.12. The minimum atomic E-state index is 0.477. The minimum absolute atomic E-state index is 0.477. The van der Waals surface area contributed by atoms with Crippen LogP contribution >= 0.6 is 0 Å². The number of rotatable bonds is 5. The lowest BCUT2D eigenvalue weighted by Crippen LogP contribution is -2.18. The van der Waals surface area contributed by atoms with Crippen LogP contribution in [0.5, 0.6) is 0 Å². The zero-order valence-corrected chi connectivity index (χ0v) is 11.3. The fourth-order valence-electron chi connectivity index (χ4n) is 2.50. The number of furan rings is 1. The molecule has 1 aliphatic rings. The van der Waals surface area contributed by atoms with E-state index in [-0.39, 0.29) is 0 Å². The van der Waals surface area contributed by atoms with Crippen molar-refractivity contribution in [1.82, 2.24) is 9.97 Å². The van der Waals surface area contributed by atoms with Crippen LogP contribution in [0.4, 0.5) is 17.3 Å². The summed E-state index contributed by atoms with van der Waals surface area (Å²) in [6.45, 7) is 0.553. The van der Waals surface area contributed by atoms with E-state index in [0.717, 1.165) is 5.76 Å². The lowest BCUT2D eigenvalue weighted by Gasteiger charge is -2.16. The van der Waals surface area contributed by atoms with Gasteiger partial charge in [-0.1, -0.05) is 12.8 Å². The van der Waals surface area contributed by atoms with E-state index in [1.54, 1.807) is 6.26 Å². The average molecular weight is 273 g/mol. The van der Waals surface area contributed by atoms with Crippen molar-refractivity contribution in [3.8, 4) is 0 Å². The highest BCUT2D eigenvalue weighted by Crippen LogP contribution is 2.27. The Morgan fingerprint density at radius 2 is 2.05 bits per heavy atom. The quantitative estimate of drug-likeness (QED) is 0.776. The molecule has 0 bridgehead atoms. The summed E-state index contributed by atoms with van der Waals surface area (Å²) in [7, 11) is 0. The summed E-state index contributed by atoms with van der Waals surface area (Å²) >= 11 is 0. The van der Waals surface area contributed by atoms with Crippen molar-refractivity contribution in [3.05, 3.63) is 30.5 Å². The van der Waals surface area contributed by atoms with E-state index < -0.39 is 0 Å². The van der Waals surface area contributed by atoms with Crippen LogP contribution in [0.3, 0.4) is 0 Å². The third-order valence-electron chi connectivity index (χ3n) is 3.59. The van der Waals surface area contributed by atoms with Crippen LogP contribution in [0, 0.1) is 0 Å². The van der Waals surface area contributed by atoms with Gasteiger partial charge in [0.1, 0.15) is 17.8 Å². The first-order valence-electron chi connectivity index (χ1n) is 6.96. The van der Waals surface area contributed by atoms with Crippen molar-refractivity contribution in [3.63, 3.8) is 0 Å². The highest BCUT2D eigenvalue weighted by molar-refractivity contribution is 5.74. The van der Waals surface area contributed by atoms with E-state index in [1.165, 1.54) is 32.0 Å². The van der Waals surface area contributed by atoms with E-state index in [2.05, 4.69) is 20.6 Å². The molecule has 2 aromatic heterocycles. The summed E-state index contributed by atoms with van der Waals surface area (Å²) in [5.74, 6) is 2.19. The zero-order valence-electron chi connectivity index (χ0n) is 11.3. The fourth-order valence-corrected chi connectivity index (χ4v) is 2.50. The van der Waals surface area contributed by atoms with Crippen molar-refractivity contribution in [2.75, 3.05) is 16.4 Å². The molecule has 1 aliphatic carbocycles. The second-order valence-corrected chi connectivity index (χ2v) is 5.04. The monoisotopic (exact) mass is 273 g/mol. The molecule has 4 N–H and O–H groups in total. The summed E-state index contributed by atoms with van der Waals surface area (Å²) in [5, 5.41) is 6.57. The molecule has 1 fully saturated rings. The molecule has 0 aromatic carbocycles. The topological polar surface area (TPSA) is 89.0 Å². The van der Waals surface area contributed by atoms with Gasteiger partial charge in [-0.3, -0.25) is 0 Å². The molecular weight excluding hydrogens is 254 g/mol. The van der Waals surface area contributed by atoms with Gasteiger partial charge in [-0.25, -0.2) is 9.97 Å². The molecule has 6 nitrogen and oxygen atoms in total. The second-order valence-electron chi connectivity index (χ2n) is 5.04. The highest BCUT2D eigenvalue weighted by atomic mass is 16.3. The van der Waals surface area contributed by atoms with E-state index in [0.29, 0.717) is 29.9 Å². The lowest BCUT2D eigenvalue weighted by atomic mass is 10.2. The first-order chi connectivity index (χ1) is 9.83. The maximum Gasteiger partial charge on any atom is 0.155 e. The summed E-state index contributed by atoms with van der Waals surface area (Å²) < 4.78 is 5.27. The molecule has 0 radical (unpaired) electrons. The van der Waals surface area contributed by atoms with Gasteiger partial charge in [0.15, 0.2) is 11.6 Å². The van der Waals surface area contributed by atoms with Gasteiger partial charge in [0.25, 0.3) is 0 Å². The Morgan fingerprint density at radius 1 is 1.25 bits per heavy atom. The SMILES string of the molecule is Nc1c(NCc2ccco2)ncnc1NC1CCCC1.